The summed E-state index contributed by atoms with van der Waals surface area (Å²) in [5, 5.41) is 16.3. The van der Waals surface area contributed by atoms with Crippen LogP contribution >= 0.6 is 11.6 Å². The van der Waals surface area contributed by atoms with E-state index in [9.17, 15) is 9.59 Å². The van der Waals surface area contributed by atoms with Gasteiger partial charge >= 0.3 is 6.09 Å². The molecular weight excluding hydrogens is 408 g/mol. The fraction of sp³-hybridized carbons (Fsp3) is 0.476. The van der Waals surface area contributed by atoms with E-state index in [1.165, 1.54) is 0 Å². The van der Waals surface area contributed by atoms with Crippen LogP contribution in [0, 0.1) is 5.41 Å². The number of carbonyl (C=O) groups is 2. The molecule has 164 valence electrons. The predicted octanol–water partition coefficient (Wildman–Crippen LogP) is 3.93. The Bertz CT molecular complexity index is 814. The fourth-order valence-electron chi connectivity index (χ4n) is 2.97. The van der Waals surface area contributed by atoms with Crippen LogP contribution in [0.1, 0.15) is 51.2 Å². The third-order valence-corrected chi connectivity index (χ3v) is 4.57. The van der Waals surface area contributed by atoms with Crippen molar-refractivity contribution < 1.29 is 19.1 Å². The maximum atomic E-state index is 12.5. The maximum absolute atomic E-state index is 12.5. The van der Waals surface area contributed by atoms with Crippen LogP contribution in [0.15, 0.2) is 24.5 Å². The molecule has 4 N–H and O–H groups in total. The first-order valence-electron chi connectivity index (χ1n) is 9.78. The van der Waals surface area contributed by atoms with Crippen molar-refractivity contribution in [2.45, 2.75) is 58.3 Å². The van der Waals surface area contributed by atoms with Crippen molar-refractivity contribution in [3.8, 4) is 0 Å². The molecule has 0 bridgehead atoms. The van der Waals surface area contributed by atoms with Gasteiger partial charge in [-0.3, -0.25) is 10.1 Å². The van der Waals surface area contributed by atoms with Gasteiger partial charge in [0.15, 0.2) is 0 Å². The Morgan fingerprint density at radius 1 is 1.33 bits per heavy atom. The third kappa shape index (κ3) is 7.35. The molecule has 1 aliphatic heterocycles. The molecule has 1 unspecified atom stereocenters. The highest BCUT2D eigenvalue weighted by molar-refractivity contribution is 6.32. The van der Waals surface area contributed by atoms with Gasteiger partial charge in [-0.1, -0.05) is 18.2 Å². The number of benzene rings is 1. The van der Waals surface area contributed by atoms with Crippen LogP contribution in [0.5, 0.6) is 0 Å². The Morgan fingerprint density at radius 2 is 2.07 bits per heavy atom. The molecule has 0 radical (unpaired) electrons. The Kier molecular flexibility index (Phi) is 8.25. The number of ether oxygens (including phenoxy) is 2. The first-order chi connectivity index (χ1) is 14.1. The molecule has 2 rings (SSSR count). The lowest BCUT2D eigenvalue weighted by Crippen LogP contribution is -2.38. The lowest BCUT2D eigenvalue weighted by Gasteiger charge is -2.26. The van der Waals surface area contributed by atoms with E-state index >= 15 is 0 Å². The van der Waals surface area contributed by atoms with Gasteiger partial charge in [0.1, 0.15) is 17.6 Å². The van der Waals surface area contributed by atoms with Crippen molar-refractivity contribution in [2.24, 2.45) is 0 Å². The van der Waals surface area contributed by atoms with E-state index in [0.29, 0.717) is 28.4 Å². The van der Waals surface area contributed by atoms with Gasteiger partial charge in [-0.25, -0.2) is 4.79 Å². The molecule has 1 aromatic rings. The van der Waals surface area contributed by atoms with E-state index in [2.05, 4.69) is 22.5 Å². The van der Waals surface area contributed by atoms with Crippen LogP contribution in [0.2, 0.25) is 5.02 Å². The van der Waals surface area contributed by atoms with Crippen LogP contribution in [-0.2, 0) is 20.7 Å². The standard InChI is InChI=1S/C21H29ClN4O4/c1-13(25-20(28)30-21(2,3)4)24-18(27)11-14-15(12-23)17(9-8-16(14)22)26-19-7-5-6-10-29-19/h8-9,12,19,23,26H,1,5-7,10-11H2,2-4H3,(H,24,27)(H,25,28). The van der Waals surface area contributed by atoms with Crippen LogP contribution in [0.3, 0.4) is 0 Å². The van der Waals surface area contributed by atoms with Crippen molar-refractivity contribution in [1.29, 1.82) is 5.41 Å². The number of carbonyl (C=O) groups excluding carboxylic acids is 2. The van der Waals surface area contributed by atoms with E-state index in [4.69, 9.17) is 26.5 Å². The topological polar surface area (TPSA) is 113 Å². The number of hydrogen-bond donors (Lipinski definition) is 4. The SMILES string of the molecule is C=C(NC(=O)Cc1c(Cl)ccc(NC2CCCCO2)c1C=N)NC(=O)OC(C)(C)C. The van der Waals surface area contributed by atoms with Crippen LogP contribution in [-0.4, -0.2) is 36.7 Å². The molecule has 2 amide bonds. The minimum atomic E-state index is -0.718. The van der Waals surface area contributed by atoms with Gasteiger partial charge in [0, 0.05) is 29.1 Å². The van der Waals surface area contributed by atoms with Gasteiger partial charge in [-0.2, -0.15) is 0 Å². The molecule has 1 aliphatic rings. The number of anilines is 1. The van der Waals surface area contributed by atoms with E-state index in [0.717, 1.165) is 25.5 Å². The van der Waals surface area contributed by atoms with Crippen molar-refractivity contribution >= 4 is 35.5 Å². The molecule has 1 heterocycles. The Balaban J connectivity index is 2.04. The van der Waals surface area contributed by atoms with Gasteiger partial charge in [-0.15, -0.1) is 0 Å². The maximum Gasteiger partial charge on any atom is 0.413 e. The molecule has 0 aromatic heterocycles. The van der Waals surface area contributed by atoms with Crippen molar-refractivity contribution in [1.82, 2.24) is 10.6 Å². The zero-order valence-corrected chi connectivity index (χ0v) is 18.3. The van der Waals surface area contributed by atoms with Crippen LogP contribution in [0.4, 0.5) is 10.5 Å². The Morgan fingerprint density at radius 3 is 2.67 bits per heavy atom. The van der Waals surface area contributed by atoms with Gasteiger partial charge in [0.05, 0.1) is 6.42 Å². The van der Waals surface area contributed by atoms with Crippen LogP contribution in [0.25, 0.3) is 0 Å². The van der Waals surface area contributed by atoms with Crippen LogP contribution < -0.4 is 16.0 Å². The van der Waals surface area contributed by atoms with E-state index in [1.54, 1.807) is 32.9 Å². The highest BCUT2D eigenvalue weighted by Crippen LogP contribution is 2.28. The normalized spacial score (nSPS) is 16.3. The quantitative estimate of drug-likeness (QED) is 0.484. The smallest absolute Gasteiger partial charge is 0.413 e. The number of hydrogen-bond acceptors (Lipinski definition) is 6. The van der Waals surface area contributed by atoms with Gasteiger partial charge in [0.25, 0.3) is 0 Å². The Labute approximate surface area is 181 Å². The lowest BCUT2D eigenvalue weighted by atomic mass is 10.0. The van der Waals surface area contributed by atoms with E-state index in [1.807, 2.05) is 0 Å². The predicted molar refractivity (Wildman–Crippen MR) is 117 cm³/mol. The summed E-state index contributed by atoms with van der Waals surface area (Å²) in [5.74, 6) is -0.446. The zero-order chi connectivity index (χ0) is 22.3. The van der Waals surface area contributed by atoms with E-state index < -0.39 is 17.6 Å². The van der Waals surface area contributed by atoms with Gasteiger partial charge in [0.2, 0.25) is 5.91 Å². The number of rotatable bonds is 7. The highest BCUT2D eigenvalue weighted by Gasteiger charge is 2.20. The van der Waals surface area contributed by atoms with Crippen molar-refractivity contribution in [3.63, 3.8) is 0 Å². The average Bonchev–Trinajstić information content (AvgIpc) is 2.63. The largest absolute Gasteiger partial charge is 0.444 e. The molecule has 9 heteroatoms. The second-order valence-corrected chi connectivity index (χ2v) is 8.37. The zero-order valence-electron chi connectivity index (χ0n) is 17.6. The molecule has 1 atom stereocenters. The first-order valence-corrected chi connectivity index (χ1v) is 10.2. The summed E-state index contributed by atoms with van der Waals surface area (Å²) in [6.45, 7) is 9.49. The van der Waals surface area contributed by atoms with E-state index in [-0.39, 0.29) is 18.5 Å². The fourth-order valence-corrected chi connectivity index (χ4v) is 3.20. The molecule has 0 saturated carbocycles. The summed E-state index contributed by atoms with van der Waals surface area (Å²) < 4.78 is 10.8. The number of nitrogens with one attached hydrogen (secondary N) is 4. The van der Waals surface area contributed by atoms with Crippen molar-refractivity contribution in [3.05, 3.63) is 40.7 Å². The Hall–Kier alpha value is -2.58. The molecule has 0 spiro atoms. The molecule has 1 aromatic carbocycles. The summed E-state index contributed by atoms with van der Waals surface area (Å²) >= 11 is 6.31. The molecule has 1 fully saturated rings. The number of alkyl carbamates (subject to hydrolysis) is 1. The van der Waals surface area contributed by atoms with Crippen molar-refractivity contribution in [2.75, 3.05) is 11.9 Å². The monoisotopic (exact) mass is 436 g/mol. The van der Waals surface area contributed by atoms with Gasteiger partial charge < -0.3 is 25.5 Å². The molecule has 30 heavy (non-hydrogen) atoms. The van der Waals surface area contributed by atoms with Gasteiger partial charge in [-0.05, 0) is 57.7 Å². The first kappa shape index (κ1) is 23.7. The molecule has 1 saturated heterocycles. The lowest BCUT2D eigenvalue weighted by molar-refractivity contribution is -0.119. The minimum Gasteiger partial charge on any atom is -0.444 e. The summed E-state index contributed by atoms with van der Waals surface area (Å²) in [4.78, 5) is 24.2. The second-order valence-electron chi connectivity index (χ2n) is 7.96. The summed E-state index contributed by atoms with van der Waals surface area (Å²) in [7, 11) is 0. The third-order valence-electron chi connectivity index (χ3n) is 4.22. The summed E-state index contributed by atoms with van der Waals surface area (Å²) in [5.41, 5.74) is 1.01. The summed E-state index contributed by atoms with van der Waals surface area (Å²) in [6.07, 6.45) is 3.16. The number of halogens is 1. The molecule has 8 nitrogen and oxygen atoms in total. The highest BCUT2D eigenvalue weighted by atomic mass is 35.5. The summed E-state index contributed by atoms with van der Waals surface area (Å²) in [6, 6.07) is 3.45. The minimum absolute atomic E-state index is 0.00772. The molecular formula is C21H29ClN4O4. The molecule has 0 aliphatic carbocycles. The number of amides is 2. The average molecular weight is 437 g/mol. The second kappa shape index (κ2) is 10.4.